The lowest BCUT2D eigenvalue weighted by Gasteiger charge is -2.18. The number of aromatic nitrogens is 2. The Morgan fingerprint density at radius 2 is 2.17 bits per heavy atom. The molecule has 1 fully saturated rings. The number of Topliss-reactive ketones (excluding diaryl/α,β-unsaturated/α-hetero) is 1. The average molecular weight is 330 g/mol. The maximum absolute atomic E-state index is 12.5. The molecule has 2 aromatic rings. The van der Waals surface area contributed by atoms with Crippen molar-refractivity contribution in [3.8, 4) is 0 Å². The molecule has 1 amide bonds. The predicted octanol–water partition coefficient (Wildman–Crippen LogP) is 0.609. The van der Waals surface area contributed by atoms with E-state index in [0.717, 1.165) is 11.0 Å². The number of amides is 1. The Kier molecular flexibility index (Phi) is 3.96. The quantitative estimate of drug-likeness (QED) is 0.807. The second kappa shape index (κ2) is 5.95. The van der Waals surface area contributed by atoms with Crippen molar-refractivity contribution in [1.29, 1.82) is 5.41 Å². The summed E-state index contributed by atoms with van der Waals surface area (Å²) in [6.45, 7) is 1.87. The van der Waals surface area contributed by atoms with Crippen molar-refractivity contribution in [3.63, 3.8) is 0 Å². The molecule has 1 aliphatic rings. The lowest BCUT2D eigenvalue weighted by Crippen LogP contribution is -2.45. The molecule has 1 aromatic carbocycles. The van der Waals surface area contributed by atoms with E-state index in [-0.39, 0.29) is 24.8 Å². The second-order valence-corrected chi connectivity index (χ2v) is 5.67. The Balaban J connectivity index is 1.97. The zero-order chi connectivity index (χ0) is 17.4. The van der Waals surface area contributed by atoms with Gasteiger partial charge in [0.1, 0.15) is 12.4 Å². The molecule has 24 heavy (non-hydrogen) atoms. The number of nitrogens with zero attached hydrogens (tertiary/aromatic N) is 3. The number of carbonyl (C=O) groups is 2. The number of hydrogen-bond donors (Lipinski definition) is 2. The first-order valence-electron chi connectivity index (χ1n) is 7.71. The molecule has 3 rings (SSSR count). The van der Waals surface area contributed by atoms with Crippen molar-refractivity contribution in [2.24, 2.45) is 14.1 Å². The van der Waals surface area contributed by atoms with Gasteiger partial charge in [0, 0.05) is 0 Å². The smallest absolute Gasteiger partial charge is 0.426 e. The van der Waals surface area contributed by atoms with Crippen LogP contribution in [0.4, 0.5) is 4.79 Å². The number of carbonyl (C=O) groups excluding carboxylic acids is 2. The number of nitrogens with one attached hydrogen (secondary N) is 2. The van der Waals surface area contributed by atoms with Gasteiger partial charge in [0.15, 0.2) is 22.7 Å². The molecule has 8 heteroatoms. The van der Waals surface area contributed by atoms with E-state index in [1.54, 1.807) is 6.92 Å². The maximum atomic E-state index is 12.5. The molecule has 1 unspecified atom stereocenters. The number of imidazole rings is 1. The van der Waals surface area contributed by atoms with Crippen molar-refractivity contribution >= 4 is 28.7 Å². The van der Waals surface area contributed by atoms with Gasteiger partial charge in [-0.2, -0.15) is 0 Å². The fraction of sp³-hybridized carbons (Fsp3) is 0.375. The monoisotopic (exact) mass is 330 g/mol. The number of hydrogen-bond acceptors (Lipinski definition) is 4. The van der Waals surface area contributed by atoms with Gasteiger partial charge in [-0.15, -0.1) is 0 Å². The van der Waals surface area contributed by atoms with Gasteiger partial charge in [-0.1, -0.05) is 12.1 Å². The Bertz CT molecular complexity index is 803. The van der Waals surface area contributed by atoms with Crippen LogP contribution >= 0.6 is 0 Å². The highest BCUT2D eigenvalue weighted by Crippen LogP contribution is 2.26. The lowest BCUT2D eigenvalue weighted by atomic mass is 10.1. The molecule has 0 bridgehead atoms. The summed E-state index contributed by atoms with van der Waals surface area (Å²) in [5.41, 5.74) is 4.40. The molecule has 126 valence electrons. The van der Waals surface area contributed by atoms with Gasteiger partial charge in [0.05, 0.1) is 20.7 Å². The van der Waals surface area contributed by atoms with E-state index in [1.165, 1.54) is 5.01 Å². The van der Waals surface area contributed by atoms with Crippen LogP contribution in [-0.4, -0.2) is 40.4 Å². The number of fused-ring (bicyclic) bond motifs is 1. The highest BCUT2D eigenvalue weighted by atomic mass is 16.6. The first-order valence-corrected chi connectivity index (χ1v) is 7.71. The predicted molar refractivity (Wildman–Crippen MR) is 86.4 cm³/mol. The molecule has 2 N–H and O–H groups in total. The molecule has 8 nitrogen and oxygen atoms in total. The van der Waals surface area contributed by atoms with Crippen LogP contribution in [0.1, 0.15) is 18.7 Å². The Labute approximate surface area is 139 Å². The minimum absolute atomic E-state index is 0.0366. The van der Waals surface area contributed by atoms with Gasteiger partial charge in [-0.25, -0.2) is 19.4 Å². The number of hydrazine groups is 1. The van der Waals surface area contributed by atoms with E-state index in [0.29, 0.717) is 5.82 Å². The number of amidine groups is 1. The van der Waals surface area contributed by atoms with Crippen molar-refractivity contribution in [3.05, 3.63) is 30.1 Å². The topological polar surface area (TPSA) is 91.3 Å². The van der Waals surface area contributed by atoms with E-state index >= 15 is 0 Å². The highest BCUT2D eigenvalue weighted by Gasteiger charge is 2.45. The summed E-state index contributed by atoms with van der Waals surface area (Å²) >= 11 is 0. The molecule has 0 saturated carbocycles. The van der Waals surface area contributed by atoms with Gasteiger partial charge in [-0.3, -0.25) is 15.2 Å². The third-order valence-corrected chi connectivity index (χ3v) is 4.25. The van der Waals surface area contributed by atoms with E-state index in [1.807, 2.05) is 47.5 Å². The van der Waals surface area contributed by atoms with Gasteiger partial charge in [0.2, 0.25) is 0 Å². The molecule has 1 atom stereocenters. The molecule has 2 heterocycles. The molecule has 1 saturated heterocycles. The zero-order valence-corrected chi connectivity index (χ0v) is 13.9. The zero-order valence-electron chi connectivity index (χ0n) is 13.9. The fourth-order valence-corrected chi connectivity index (χ4v) is 3.17. The summed E-state index contributed by atoms with van der Waals surface area (Å²) in [7, 11) is 3.75. The number of rotatable bonds is 3. The summed E-state index contributed by atoms with van der Waals surface area (Å²) in [5.74, 6) is -0.124. The summed E-state index contributed by atoms with van der Waals surface area (Å²) in [6.07, 6.45) is -0.669. The molecular formula is C16H20N5O3+. The van der Waals surface area contributed by atoms with E-state index in [4.69, 9.17) is 10.1 Å². The average Bonchev–Trinajstić information content (AvgIpc) is 2.95. The van der Waals surface area contributed by atoms with Gasteiger partial charge in [-0.05, 0) is 19.1 Å². The minimum atomic E-state index is -0.727. The van der Waals surface area contributed by atoms with Crippen molar-refractivity contribution in [2.45, 2.75) is 12.8 Å². The molecule has 1 aromatic heterocycles. The van der Waals surface area contributed by atoms with Gasteiger partial charge < -0.3 is 4.74 Å². The lowest BCUT2D eigenvalue weighted by molar-refractivity contribution is -0.653. The third kappa shape index (κ3) is 2.40. The van der Waals surface area contributed by atoms with Crippen molar-refractivity contribution in [1.82, 2.24) is 15.0 Å². The van der Waals surface area contributed by atoms with Crippen LogP contribution in [0.5, 0.6) is 0 Å². The first kappa shape index (κ1) is 16.0. The fourth-order valence-electron chi connectivity index (χ4n) is 3.17. The van der Waals surface area contributed by atoms with Crippen LogP contribution in [0.25, 0.3) is 11.0 Å². The number of aryl methyl sites for hydroxylation is 2. The van der Waals surface area contributed by atoms with E-state index < -0.39 is 12.0 Å². The van der Waals surface area contributed by atoms with Crippen molar-refractivity contribution < 1.29 is 18.9 Å². The summed E-state index contributed by atoms with van der Waals surface area (Å²) in [5, 5.41) is 9.57. The minimum Gasteiger partial charge on any atom is -0.449 e. The third-order valence-electron chi connectivity index (χ3n) is 4.25. The molecule has 1 aliphatic heterocycles. The van der Waals surface area contributed by atoms with Crippen molar-refractivity contribution in [2.75, 3.05) is 13.2 Å². The SMILES string of the molecule is CCOC(=O)NN1CC(=O)C(c2n(C)c3ccccc3[n+]2C)C1=N. The summed E-state index contributed by atoms with van der Waals surface area (Å²) < 4.78 is 8.65. The van der Waals surface area contributed by atoms with Crippen LogP contribution in [0.3, 0.4) is 0 Å². The van der Waals surface area contributed by atoms with Crippen LogP contribution in [0, 0.1) is 5.41 Å². The molecule has 0 aliphatic carbocycles. The number of para-hydroxylation sites is 2. The summed E-state index contributed by atoms with van der Waals surface area (Å²) in [6, 6.07) is 7.80. The maximum Gasteiger partial charge on any atom is 0.426 e. The van der Waals surface area contributed by atoms with Crippen LogP contribution in [0.15, 0.2) is 24.3 Å². The Morgan fingerprint density at radius 3 is 2.83 bits per heavy atom. The van der Waals surface area contributed by atoms with Gasteiger partial charge in [0.25, 0.3) is 5.82 Å². The van der Waals surface area contributed by atoms with E-state index in [9.17, 15) is 9.59 Å². The number of ether oxygens (including phenoxy) is 1. The molecule has 0 radical (unpaired) electrons. The van der Waals surface area contributed by atoms with Crippen LogP contribution in [0.2, 0.25) is 0 Å². The Morgan fingerprint density at radius 1 is 1.46 bits per heavy atom. The largest absolute Gasteiger partial charge is 0.449 e. The number of benzene rings is 1. The standard InChI is InChI=1S/C16H19N5O3/c1-4-24-16(23)18-21-9-12(22)13(14(21)17)15-19(2)10-7-5-6-8-11(10)20(15)3/h5-8,13,17H,4,9H2,1-3H3/p+1. The number of ketones is 1. The first-order chi connectivity index (χ1) is 11.5. The Hall–Kier alpha value is -2.90. The highest BCUT2D eigenvalue weighted by molar-refractivity contribution is 6.13. The van der Waals surface area contributed by atoms with Gasteiger partial charge >= 0.3 is 6.09 Å². The van der Waals surface area contributed by atoms with Crippen LogP contribution in [-0.2, 0) is 23.6 Å². The normalized spacial score (nSPS) is 17.6. The molecular weight excluding hydrogens is 310 g/mol. The van der Waals surface area contributed by atoms with E-state index in [2.05, 4.69) is 5.43 Å². The van der Waals surface area contributed by atoms with Crippen LogP contribution < -0.4 is 9.99 Å². The summed E-state index contributed by atoms with van der Waals surface area (Å²) in [4.78, 5) is 24.1. The molecule has 0 spiro atoms. The second-order valence-electron chi connectivity index (χ2n) is 5.67.